The van der Waals surface area contributed by atoms with E-state index in [0.29, 0.717) is 13.0 Å². The molecule has 1 unspecified atom stereocenters. The van der Waals surface area contributed by atoms with Crippen molar-refractivity contribution in [1.82, 2.24) is 0 Å². The third-order valence-corrected chi connectivity index (χ3v) is 3.06. The van der Waals surface area contributed by atoms with E-state index in [-0.39, 0.29) is 12.0 Å². The first-order chi connectivity index (χ1) is 8.26. The van der Waals surface area contributed by atoms with E-state index in [1.165, 1.54) is 0 Å². The Hall–Kier alpha value is -1.51. The first-order valence-corrected chi connectivity index (χ1v) is 6.32. The average molecular weight is 233 g/mol. The molecule has 3 heteroatoms. The lowest BCUT2D eigenvalue weighted by molar-refractivity contribution is -0.119. The van der Waals surface area contributed by atoms with Crippen molar-refractivity contribution in [3.63, 3.8) is 0 Å². The third kappa shape index (κ3) is 2.43. The number of fused-ring (bicyclic) bond motifs is 1. The summed E-state index contributed by atoms with van der Waals surface area (Å²) in [4.78, 5) is 14.0. The van der Waals surface area contributed by atoms with Gasteiger partial charge in [0.2, 0.25) is 5.91 Å². The molecule has 3 nitrogen and oxygen atoms in total. The van der Waals surface area contributed by atoms with Gasteiger partial charge in [0.15, 0.2) is 0 Å². The molecule has 0 radical (unpaired) electrons. The molecule has 2 rings (SSSR count). The maximum Gasteiger partial charge on any atom is 0.227 e. The van der Waals surface area contributed by atoms with Gasteiger partial charge in [0.05, 0.1) is 12.2 Å². The monoisotopic (exact) mass is 233 g/mol. The zero-order valence-electron chi connectivity index (χ0n) is 10.5. The molecule has 1 aliphatic rings. The van der Waals surface area contributed by atoms with E-state index in [0.717, 1.165) is 24.3 Å². The minimum Gasteiger partial charge on any atom is -0.486 e. The molecule has 0 bridgehead atoms. The Morgan fingerprint density at radius 2 is 2.18 bits per heavy atom. The highest BCUT2D eigenvalue weighted by Gasteiger charge is 2.27. The predicted octanol–water partition coefficient (Wildman–Crippen LogP) is 2.99. The fourth-order valence-electron chi connectivity index (χ4n) is 2.10. The second kappa shape index (κ2) is 5.21. The van der Waals surface area contributed by atoms with Gasteiger partial charge in [-0.3, -0.25) is 4.79 Å². The first-order valence-electron chi connectivity index (χ1n) is 6.32. The minimum atomic E-state index is 0.116. The number of anilines is 1. The van der Waals surface area contributed by atoms with Gasteiger partial charge in [-0.1, -0.05) is 26.0 Å². The molecule has 0 aliphatic carbocycles. The van der Waals surface area contributed by atoms with Gasteiger partial charge >= 0.3 is 0 Å². The highest BCUT2D eigenvalue weighted by Crippen LogP contribution is 2.34. The molecule has 92 valence electrons. The number of amides is 1. The van der Waals surface area contributed by atoms with Crippen molar-refractivity contribution in [2.45, 2.75) is 39.2 Å². The summed E-state index contributed by atoms with van der Waals surface area (Å²) in [7, 11) is 0. The van der Waals surface area contributed by atoms with Crippen LogP contribution < -0.4 is 9.64 Å². The summed E-state index contributed by atoms with van der Waals surface area (Å²) in [6, 6.07) is 7.78. The highest BCUT2D eigenvalue weighted by atomic mass is 16.5. The van der Waals surface area contributed by atoms with Crippen LogP contribution in [0.15, 0.2) is 24.3 Å². The number of rotatable bonds is 3. The van der Waals surface area contributed by atoms with Gasteiger partial charge in [0, 0.05) is 6.42 Å². The van der Waals surface area contributed by atoms with Crippen LogP contribution in [-0.2, 0) is 4.79 Å². The van der Waals surface area contributed by atoms with Crippen LogP contribution >= 0.6 is 0 Å². The van der Waals surface area contributed by atoms with Crippen molar-refractivity contribution in [3.8, 4) is 5.75 Å². The van der Waals surface area contributed by atoms with Gasteiger partial charge in [0.1, 0.15) is 11.9 Å². The number of hydrogen-bond donors (Lipinski definition) is 0. The molecule has 1 aromatic carbocycles. The van der Waals surface area contributed by atoms with Gasteiger partial charge in [-0.15, -0.1) is 0 Å². The molecule has 0 saturated carbocycles. The Balaban J connectivity index is 2.29. The summed E-state index contributed by atoms with van der Waals surface area (Å²) in [5.41, 5.74) is 0.913. The molecule has 0 N–H and O–H groups in total. The van der Waals surface area contributed by atoms with Crippen molar-refractivity contribution in [2.24, 2.45) is 0 Å². The Bertz CT molecular complexity index is 403. The Morgan fingerprint density at radius 1 is 1.41 bits per heavy atom. The van der Waals surface area contributed by atoms with Gasteiger partial charge in [-0.25, -0.2) is 0 Å². The number of ether oxygens (including phenoxy) is 1. The van der Waals surface area contributed by atoms with Crippen LogP contribution in [0.5, 0.6) is 5.75 Å². The SMILES string of the molecule is CCCC(=O)N1CC(CC)Oc2ccccc21. The van der Waals surface area contributed by atoms with Crippen LogP contribution in [0.3, 0.4) is 0 Å². The summed E-state index contributed by atoms with van der Waals surface area (Å²) < 4.78 is 5.85. The molecule has 1 atom stereocenters. The molecule has 1 aromatic rings. The third-order valence-electron chi connectivity index (χ3n) is 3.06. The van der Waals surface area contributed by atoms with Crippen molar-refractivity contribution in [3.05, 3.63) is 24.3 Å². The number of nitrogens with zero attached hydrogens (tertiary/aromatic N) is 1. The lowest BCUT2D eigenvalue weighted by Crippen LogP contribution is -2.43. The van der Waals surface area contributed by atoms with E-state index in [4.69, 9.17) is 4.74 Å². The smallest absolute Gasteiger partial charge is 0.227 e. The van der Waals surface area contributed by atoms with Crippen molar-refractivity contribution < 1.29 is 9.53 Å². The zero-order valence-corrected chi connectivity index (χ0v) is 10.5. The van der Waals surface area contributed by atoms with Gasteiger partial charge in [-0.2, -0.15) is 0 Å². The van der Waals surface area contributed by atoms with Crippen LogP contribution in [0, 0.1) is 0 Å². The maximum atomic E-state index is 12.1. The maximum absolute atomic E-state index is 12.1. The quantitative estimate of drug-likeness (QED) is 0.803. The van der Waals surface area contributed by atoms with Gasteiger partial charge < -0.3 is 9.64 Å². The minimum absolute atomic E-state index is 0.116. The lowest BCUT2D eigenvalue weighted by Gasteiger charge is -2.34. The number of carbonyl (C=O) groups is 1. The molecular weight excluding hydrogens is 214 g/mol. The van der Waals surface area contributed by atoms with E-state index in [9.17, 15) is 4.79 Å². The molecule has 1 heterocycles. The second-order valence-electron chi connectivity index (χ2n) is 4.37. The summed E-state index contributed by atoms with van der Waals surface area (Å²) in [6.45, 7) is 4.79. The zero-order chi connectivity index (χ0) is 12.3. The number of carbonyl (C=O) groups excluding carboxylic acids is 1. The number of hydrogen-bond acceptors (Lipinski definition) is 2. The van der Waals surface area contributed by atoms with Gasteiger partial charge in [0.25, 0.3) is 0 Å². The van der Waals surface area contributed by atoms with Crippen molar-refractivity contribution >= 4 is 11.6 Å². The average Bonchev–Trinajstić information content (AvgIpc) is 2.37. The Morgan fingerprint density at radius 3 is 2.88 bits per heavy atom. The first kappa shape index (κ1) is 12.0. The van der Waals surface area contributed by atoms with Crippen molar-refractivity contribution in [1.29, 1.82) is 0 Å². The number of para-hydroxylation sites is 2. The summed E-state index contributed by atoms with van der Waals surface area (Å²) in [5, 5.41) is 0. The van der Waals surface area contributed by atoms with Crippen molar-refractivity contribution in [2.75, 3.05) is 11.4 Å². The van der Waals surface area contributed by atoms with E-state index in [1.54, 1.807) is 0 Å². The van der Waals surface area contributed by atoms with Crippen LogP contribution in [0.2, 0.25) is 0 Å². The fourth-order valence-corrected chi connectivity index (χ4v) is 2.10. The van der Waals surface area contributed by atoms with E-state index in [1.807, 2.05) is 36.1 Å². The van der Waals surface area contributed by atoms with Crippen LogP contribution in [-0.4, -0.2) is 18.6 Å². The predicted molar refractivity (Wildman–Crippen MR) is 68.4 cm³/mol. The van der Waals surface area contributed by atoms with E-state index < -0.39 is 0 Å². The molecule has 0 fully saturated rings. The Labute approximate surface area is 102 Å². The summed E-state index contributed by atoms with van der Waals surface area (Å²) >= 11 is 0. The van der Waals surface area contributed by atoms with Gasteiger partial charge in [-0.05, 0) is 25.0 Å². The molecule has 1 amide bonds. The molecule has 0 saturated heterocycles. The molecule has 0 aromatic heterocycles. The summed E-state index contributed by atoms with van der Waals surface area (Å²) in [6.07, 6.45) is 2.52. The van der Waals surface area contributed by atoms with Crippen LogP contribution in [0.4, 0.5) is 5.69 Å². The number of benzene rings is 1. The van der Waals surface area contributed by atoms with Crippen LogP contribution in [0.25, 0.3) is 0 Å². The Kier molecular flexibility index (Phi) is 3.67. The molecule has 17 heavy (non-hydrogen) atoms. The largest absolute Gasteiger partial charge is 0.486 e. The fraction of sp³-hybridized carbons (Fsp3) is 0.500. The lowest BCUT2D eigenvalue weighted by atomic mass is 10.1. The van der Waals surface area contributed by atoms with E-state index in [2.05, 4.69) is 6.92 Å². The van der Waals surface area contributed by atoms with Crippen LogP contribution in [0.1, 0.15) is 33.1 Å². The summed E-state index contributed by atoms with van der Waals surface area (Å²) in [5.74, 6) is 1.02. The van der Waals surface area contributed by atoms with E-state index >= 15 is 0 Å². The molecular formula is C14H19NO2. The highest BCUT2D eigenvalue weighted by molar-refractivity contribution is 5.95. The standard InChI is InChI=1S/C14H19NO2/c1-3-7-14(16)15-10-11(4-2)17-13-9-6-5-8-12(13)15/h5-6,8-9,11H,3-4,7,10H2,1-2H3. The molecule has 1 aliphatic heterocycles. The molecule has 0 spiro atoms. The normalized spacial score (nSPS) is 18.5. The topological polar surface area (TPSA) is 29.5 Å². The second-order valence-corrected chi connectivity index (χ2v) is 4.37.